The summed E-state index contributed by atoms with van der Waals surface area (Å²) < 4.78 is 5.13. The van der Waals surface area contributed by atoms with Gasteiger partial charge in [0.15, 0.2) is 6.61 Å². The Labute approximate surface area is 122 Å². The number of ether oxygens (including phenoxy) is 1. The van der Waals surface area contributed by atoms with Gasteiger partial charge in [0, 0.05) is 11.3 Å². The smallest absolute Gasteiger partial charge is 0.262 e. The average Bonchev–Trinajstić information content (AvgIpc) is 2.54. The van der Waals surface area contributed by atoms with Crippen molar-refractivity contribution in [3.8, 4) is 6.07 Å². The molecule has 2 aromatic rings. The maximum atomic E-state index is 11.7. The molecule has 5 heteroatoms. The maximum Gasteiger partial charge on any atom is 0.262 e. The van der Waals surface area contributed by atoms with Gasteiger partial charge in [-0.15, -0.1) is 0 Å². The van der Waals surface area contributed by atoms with Gasteiger partial charge in [0.2, 0.25) is 5.90 Å². The fourth-order valence-electron chi connectivity index (χ4n) is 1.64. The summed E-state index contributed by atoms with van der Waals surface area (Å²) in [6.07, 6.45) is 0. The summed E-state index contributed by atoms with van der Waals surface area (Å²) in [4.78, 5) is 11.7. The van der Waals surface area contributed by atoms with E-state index in [2.05, 4.69) is 5.32 Å². The Morgan fingerprint density at radius 2 is 1.81 bits per heavy atom. The van der Waals surface area contributed by atoms with Crippen LogP contribution in [0.4, 0.5) is 5.69 Å². The van der Waals surface area contributed by atoms with Crippen LogP contribution in [0.1, 0.15) is 11.1 Å². The van der Waals surface area contributed by atoms with E-state index in [-0.39, 0.29) is 18.4 Å². The number of anilines is 1. The van der Waals surface area contributed by atoms with Crippen LogP contribution in [0.15, 0.2) is 54.6 Å². The van der Waals surface area contributed by atoms with E-state index in [0.717, 1.165) is 0 Å². The highest BCUT2D eigenvalue weighted by molar-refractivity contribution is 5.96. The van der Waals surface area contributed by atoms with Crippen LogP contribution in [0, 0.1) is 16.7 Å². The summed E-state index contributed by atoms with van der Waals surface area (Å²) in [6.45, 7) is -0.242. The Hall–Kier alpha value is -3.13. The Kier molecular flexibility index (Phi) is 4.67. The fourth-order valence-corrected chi connectivity index (χ4v) is 1.64. The van der Waals surface area contributed by atoms with Crippen molar-refractivity contribution in [1.82, 2.24) is 0 Å². The van der Waals surface area contributed by atoms with Crippen LogP contribution in [-0.4, -0.2) is 18.4 Å². The molecule has 2 aromatic carbocycles. The molecule has 5 nitrogen and oxygen atoms in total. The lowest BCUT2D eigenvalue weighted by atomic mass is 10.2. The number of nitriles is 1. The van der Waals surface area contributed by atoms with E-state index in [1.165, 1.54) is 0 Å². The zero-order chi connectivity index (χ0) is 15.1. The van der Waals surface area contributed by atoms with E-state index >= 15 is 0 Å². The molecular formula is C16H13N3O2. The van der Waals surface area contributed by atoms with Gasteiger partial charge >= 0.3 is 0 Å². The minimum absolute atomic E-state index is 0.0504. The lowest BCUT2D eigenvalue weighted by Gasteiger charge is -2.08. The van der Waals surface area contributed by atoms with Crippen molar-refractivity contribution in [2.75, 3.05) is 11.9 Å². The molecule has 0 saturated carbocycles. The molecule has 2 rings (SSSR count). The number of rotatable bonds is 4. The molecule has 2 N–H and O–H groups in total. The van der Waals surface area contributed by atoms with E-state index in [1.54, 1.807) is 48.5 Å². The van der Waals surface area contributed by atoms with E-state index in [9.17, 15) is 4.79 Å². The van der Waals surface area contributed by atoms with Gasteiger partial charge in [0.25, 0.3) is 5.91 Å². The molecule has 0 heterocycles. The fraction of sp³-hybridized carbons (Fsp3) is 0.0625. The number of amides is 1. The van der Waals surface area contributed by atoms with Crippen molar-refractivity contribution in [2.45, 2.75) is 0 Å². The second kappa shape index (κ2) is 6.87. The second-order valence-corrected chi connectivity index (χ2v) is 4.22. The quantitative estimate of drug-likeness (QED) is 0.666. The van der Waals surface area contributed by atoms with Gasteiger partial charge in [-0.2, -0.15) is 5.26 Å². The first kappa shape index (κ1) is 14.3. The molecular weight excluding hydrogens is 266 g/mol. The van der Waals surface area contributed by atoms with Crippen LogP contribution in [-0.2, 0) is 9.53 Å². The summed E-state index contributed by atoms with van der Waals surface area (Å²) in [5.41, 5.74) is 1.72. The zero-order valence-electron chi connectivity index (χ0n) is 11.2. The first-order chi connectivity index (χ1) is 10.2. The first-order valence-electron chi connectivity index (χ1n) is 6.26. The number of carbonyl (C=O) groups is 1. The van der Waals surface area contributed by atoms with Gasteiger partial charge in [0.05, 0.1) is 11.6 Å². The molecule has 0 aliphatic carbocycles. The van der Waals surface area contributed by atoms with Crippen molar-refractivity contribution >= 4 is 17.5 Å². The standard InChI is InChI=1S/C16H13N3O2/c17-10-12-6-8-14(9-7-12)19-15(20)11-21-16(18)13-4-2-1-3-5-13/h1-9,18H,11H2,(H,19,20). The van der Waals surface area contributed by atoms with Gasteiger partial charge in [0.1, 0.15) is 0 Å². The summed E-state index contributed by atoms with van der Waals surface area (Å²) >= 11 is 0. The molecule has 104 valence electrons. The molecule has 0 bridgehead atoms. The summed E-state index contributed by atoms with van der Waals surface area (Å²) in [7, 11) is 0. The molecule has 0 radical (unpaired) electrons. The van der Waals surface area contributed by atoms with Gasteiger partial charge in [-0.1, -0.05) is 18.2 Å². The number of nitrogens with one attached hydrogen (secondary N) is 2. The number of carbonyl (C=O) groups excluding carboxylic acids is 1. The maximum absolute atomic E-state index is 11.7. The van der Waals surface area contributed by atoms with Crippen molar-refractivity contribution in [1.29, 1.82) is 10.7 Å². The highest BCUT2D eigenvalue weighted by atomic mass is 16.5. The van der Waals surface area contributed by atoms with Gasteiger partial charge in [-0.25, -0.2) is 0 Å². The Morgan fingerprint density at radius 3 is 2.43 bits per heavy atom. The molecule has 0 aliphatic rings. The highest BCUT2D eigenvalue weighted by Crippen LogP contribution is 2.08. The van der Waals surface area contributed by atoms with Crippen LogP contribution in [0.25, 0.3) is 0 Å². The Bertz CT molecular complexity index is 673. The third-order valence-electron chi connectivity index (χ3n) is 2.68. The van der Waals surface area contributed by atoms with Crippen LogP contribution in [0.5, 0.6) is 0 Å². The van der Waals surface area contributed by atoms with Gasteiger partial charge in [-0.05, 0) is 36.4 Å². The third-order valence-corrected chi connectivity index (χ3v) is 2.68. The van der Waals surface area contributed by atoms with Crippen LogP contribution >= 0.6 is 0 Å². The third kappa shape index (κ3) is 4.18. The van der Waals surface area contributed by atoms with Crippen LogP contribution in [0.3, 0.4) is 0 Å². The first-order valence-corrected chi connectivity index (χ1v) is 6.26. The number of benzene rings is 2. The lowest BCUT2D eigenvalue weighted by Crippen LogP contribution is -2.20. The molecule has 0 atom stereocenters. The Balaban J connectivity index is 1.85. The number of hydrogen-bond acceptors (Lipinski definition) is 4. The summed E-state index contributed by atoms with van der Waals surface area (Å²) in [6, 6.07) is 17.4. The van der Waals surface area contributed by atoms with Crippen molar-refractivity contribution in [2.24, 2.45) is 0 Å². The molecule has 0 unspecified atom stereocenters. The van der Waals surface area contributed by atoms with Crippen molar-refractivity contribution in [3.05, 3.63) is 65.7 Å². The van der Waals surface area contributed by atoms with Gasteiger partial charge < -0.3 is 10.1 Å². The molecule has 0 aliphatic heterocycles. The molecule has 0 spiro atoms. The largest absolute Gasteiger partial charge is 0.468 e. The van der Waals surface area contributed by atoms with E-state index in [1.807, 2.05) is 12.1 Å². The molecule has 0 fully saturated rings. The SMILES string of the molecule is N#Cc1ccc(NC(=O)COC(=N)c2ccccc2)cc1. The van der Waals surface area contributed by atoms with E-state index in [0.29, 0.717) is 16.8 Å². The zero-order valence-corrected chi connectivity index (χ0v) is 11.2. The van der Waals surface area contributed by atoms with E-state index in [4.69, 9.17) is 15.4 Å². The molecule has 21 heavy (non-hydrogen) atoms. The minimum atomic E-state index is -0.361. The Morgan fingerprint density at radius 1 is 1.14 bits per heavy atom. The normalized spacial score (nSPS) is 9.48. The molecule has 0 saturated heterocycles. The van der Waals surface area contributed by atoms with Crippen molar-refractivity contribution in [3.63, 3.8) is 0 Å². The predicted molar refractivity (Wildman–Crippen MR) is 79.0 cm³/mol. The summed E-state index contributed by atoms with van der Waals surface area (Å²) in [5, 5.41) is 19.0. The van der Waals surface area contributed by atoms with Crippen molar-refractivity contribution < 1.29 is 9.53 Å². The van der Waals surface area contributed by atoms with Crippen LogP contribution < -0.4 is 5.32 Å². The van der Waals surface area contributed by atoms with Crippen LogP contribution in [0.2, 0.25) is 0 Å². The van der Waals surface area contributed by atoms with Gasteiger partial charge in [-0.3, -0.25) is 10.2 Å². The second-order valence-electron chi connectivity index (χ2n) is 4.22. The summed E-state index contributed by atoms with van der Waals surface area (Å²) in [5.74, 6) is -0.411. The average molecular weight is 279 g/mol. The van der Waals surface area contributed by atoms with E-state index < -0.39 is 0 Å². The minimum Gasteiger partial charge on any atom is -0.468 e. The lowest BCUT2D eigenvalue weighted by molar-refractivity contribution is -0.118. The number of nitrogens with zero attached hydrogens (tertiary/aromatic N) is 1. The molecule has 1 amide bonds. The number of hydrogen-bond donors (Lipinski definition) is 2. The monoisotopic (exact) mass is 279 g/mol. The topological polar surface area (TPSA) is 86.0 Å². The highest BCUT2D eigenvalue weighted by Gasteiger charge is 2.07. The predicted octanol–water partition coefficient (Wildman–Crippen LogP) is 2.54. The molecule has 0 aromatic heterocycles.